The number of hydrogen-bond acceptors (Lipinski definition) is 5. The Morgan fingerprint density at radius 2 is 2.00 bits per heavy atom. The first-order valence-electron chi connectivity index (χ1n) is 6.54. The highest BCUT2D eigenvalue weighted by atomic mass is 16.5. The smallest absolute Gasteiger partial charge is 0.354 e. The second-order valence-electron chi connectivity index (χ2n) is 4.56. The summed E-state index contributed by atoms with van der Waals surface area (Å²) >= 11 is 0. The SMILES string of the molecule is CCOc1ccccc1-c1nc(C(=O)O)cc(N(C)C)n1. The van der Waals surface area contributed by atoms with Crippen LogP contribution in [0.3, 0.4) is 0 Å². The van der Waals surface area contributed by atoms with Crippen molar-refractivity contribution in [2.75, 3.05) is 25.6 Å². The zero-order valence-electron chi connectivity index (χ0n) is 12.2. The van der Waals surface area contributed by atoms with E-state index in [2.05, 4.69) is 9.97 Å². The van der Waals surface area contributed by atoms with E-state index in [9.17, 15) is 9.90 Å². The number of rotatable bonds is 5. The predicted molar refractivity (Wildman–Crippen MR) is 79.9 cm³/mol. The maximum absolute atomic E-state index is 11.2. The molecule has 6 heteroatoms. The summed E-state index contributed by atoms with van der Waals surface area (Å²) in [6.45, 7) is 2.40. The minimum absolute atomic E-state index is 0.0463. The van der Waals surface area contributed by atoms with Crippen molar-refractivity contribution < 1.29 is 14.6 Å². The highest BCUT2D eigenvalue weighted by Gasteiger charge is 2.15. The summed E-state index contributed by atoms with van der Waals surface area (Å²) in [5.74, 6) is 0.411. The van der Waals surface area contributed by atoms with Gasteiger partial charge in [-0.15, -0.1) is 0 Å². The van der Waals surface area contributed by atoms with Crippen LogP contribution in [0.4, 0.5) is 5.82 Å². The summed E-state index contributed by atoms with van der Waals surface area (Å²) < 4.78 is 5.55. The third-order valence-corrected chi connectivity index (χ3v) is 2.82. The molecule has 0 bridgehead atoms. The van der Waals surface area contributed by atoms with E-state index in [1.807, 2.05) is 31.2 Å². The molecule has 0 fully saturated rings. The van der Waals surface area contributed by atoms with Gasteiger partial charge < -0.3 is 14.7 Å². The average molecular weight is 287 g/mol. The second kappa shape index (κ2) is 6.21. The molecule has 0 aliphatic rings. The molecule has 0 unspecified atom stereocenters. The van der Waals surface area contributed by atoms with E-state index in [0.717, 1.165) is 0 Å². The molecule has 110 valence electrons. The molecule has 1 N–H and O–H groups in total. The first-order valence-corrected chi connectivity index (χ1v) is 6.54. The molecule has 0 aliphatic heterocycles. The van der Waals surface area contributed by atoms with Crippen LogP contribution in [0.15, 0.2) is 30.3 Å². The second-order valence-corrected chi connectivity index (χ2v) is 4.56. The topological polar surface area (TPSA) is 75.6 Å². The largest absolute Gasteiger partial charge is 0.493 e. The van der Waals surface area contributed by atoms with E-state index < -0.39 is 5.97 Å². The maximum Gasteiger partial charge on any atom is 0.354 e. The summed E-state index contributed by atoms with van der Waals surface area (Å²) in [6, 6.07) is 8.75. The van der Waals surface area contributed by atoms with Gasteiger partial charge in [0.15, 0.2) is 11.5 Å². The first-order chi connectivity index (χ1) is 10.0. The van der Waals surface area contributed by atoms with Crippen molar-refractivity contribution >= 4 is 11.8 Å². The number of hydrogen-bond donors (Lipinski definition) is 1. The van der Waals surface area contributed by atoms with Crippen LogP contribution < -0.4 is 9.64 Å². The fourth-order valence-electron chi connectivity index (χ4n) is 1.83. The molecule has 0 saturated carbocycles. The van der Waals surface area contributed by atoms with E-state index in [4.69, 9.17) is 4.74 Å². The molecule has 0 amide bonds. The van der Waals surface area contributed by atoms with Gasteiger partial charge in [0.25, 0.3) is 0 Å². The van der Waals surface area contributed by atoms with Gasteiger partial charge in [-0.05, 0) is 19.1 Å². The van der Waals surface area contributed by atoms with Crippen molar-refractivity contribution in [3.8, 4) is 17.1 Å². The number of carbonyl (C=O) groups is 1. The molecule has 0 spiro atoms. The van der Waals surface area contributed by atoms with Crippen LogP contribution in [0.5, 0.6) is 5.75 Å². The number of nitrogens with zero attached hydrogens (tertiary/aromatic N) is 3. The minimum atomic E-state index is -1.09. The Balaban J connectivity index is 2.60. The molecule has 1 aromatic carbocycles. The van der Waals surface area contributed by atoms with E-state index in [0.29, 0.717) is 29.6 Å². The van der Waals surface area contributed by atoms with Crippen molar-refractivity contribution in [3.05, 3.63) is 36.0 Å². The molecule has 0 saturated heterocycles. The van der Waals surface area contributed by atoms with Gasteiger partial charge in [0.1, 0.15) is 11.6 Å². The molecule has 0 aliphatic carbocycles. The van der Waals surface area contributed by atoms with Crippen molar-refractivity contribution in [1.82, 2.24) is 9.97 Å². The van der Waals surface area contributed by atoms with E-state index in [1.165, 1.54) is 6.07 Å². The Morgan fingerprint density at radius 3 is 2.62 bits per heavy atom. The number of aromatic carboxylic acids is 1. The molecule has 2 aromatic rings. The van der Waals surface area contributed by atoms with Gasteiger partial charge in [-0.2, -0.15) is 0 Å². The first kappa shape index (κ1) is 14.8. The number of anilines is 1. The average Bonchev–Trinajstić information content (AvgIpc) is 2.47. The Kier molecular flexibility index (Phi) is 4.37. The summed E-state index contributed by atoms with van der Waals surface area (Å²) in [4.78, 5) is 21.5. The number of carboxylic acid groups (broad SMARTS) is 1. The minimum Gasteiger partial charge on any atom is -0.493 e. The number of aromatic nitrogens is 2. The van der Waals surface area contributed by atoms with Crippen LogP contribution in [-0.4, -0.2) is 41.7 Å². The van der Waals surface area contributed by atoms with E-state index >= 15 is 0 Å². The van der Waals surface area contributed by atoms with Crippen molar-refractivity contribution in [1.29, 1.82) is 0 Å². The van der Waals surface area contributed by atoms with Gasteiger partial charge in [0.2, 0.25) is 0 Å². The van der Waals surface area contributed by atoms with E-state index in [-0.39, 0.29) is 5.69 Å². The molecular weight excluding hydrogens is 270 g/mol. The predicted octanol–water partition coefficient (Wildman–Crippen LogP) is 2.31. The normalized spacial score (nSPS) is 10.2. The molecule has 0 atom stereocenters. The summed E-state index contributed by atoms with van der Waals surface area (Å²) in [5.41, 5.74) is 0.626. The fourth-order valence-corrected chi connectivity index (χ4v) is 1.83. The summed E-state index contributed by atoms with van der Waals surface area (Å²) in [6.07, 6.45) is 0. The molecular formula is C15H17N3O3. The van der Waals surface area contributed by atoms with Gasteiger partial charge in [-0.1, -0.05) is 12.1 Å². The van der Waals surface area contributed by atoms with Crippen LogP contribution in [0, 0.1) is 0 Å². The molecule has 1 aromatic heterocycles. The van der Waals surface area contributed by atoms with Crippen molar-refractivity contribution in [2.24, 2.45) is 0 Å². The van der Waals surface area contributed by atoms with Crippen LogP contribution >= 0.6 is 0 Å². The van der Waals surface area contributed by atoms with Crippen molar-refractivity contribution in [2.45, 2.75) is 6.92 Å². The molecule has 1 heterocycles. The Morgan fingerprint density at radius 1 is 1.29 bits per heavy atom. The number of carboxylic acids is 1. The lowest BCUT2D eigenvalue weighted by Gasteiger charge is -2.14. The van der Waals surface area contributed by atoms with Crippen LogP contribution in [0.1, 0.15) is 17.4 Å². The van der Waals surface area contributed by atoms with Crippen LogP contribution in [-0.2, 0) is 0 Å². The van der Waals surface area contributed by atoms with Gasteiger partial charge >= 0.3 is 5.97 Å². The zero-order valence-corrected chi connectivity index (χ0v) is 12.2. The Bertz CT molecular complexity index is 656. The van der Waals surface area contributed by atoms with Crippen LogP contribution in [0.2, 0.25) is 0 Å². The Labute approximate surface area is 123 Å². The van der Waals surface area contributed by atoms with Gasteiger partial charge in [0.05, 0.1) is 12.2 Å². The third-order valence-electron chi connectivity index (χ3n) is 2.82. The number of para-hydroxylation sites is 1. The van der Waals surface area contributed by atoms with E-state index in [1.54, 1.807) is 19.0 Å². The third kappa shape index (κ3) is 3.28. The standard InChI is InChI=1S/C15H17N3O3/c1-4-21-12-8-6-5-7-10(12)14-16-11(15(19)20)9-13(17-14)18(2)3/h5-9H,4H2,1-3H3,(H,19,20). The summed E-state index contributed by atoms with van der Waals surface area (Å²) in [7, 11) is 3.60. The Hall–Kier alpha value is -2.63. The lowest BCUT2D eigenvalue weighted by molar-refractivity contribution is 0.0690. The van der Waals surface area contributed by atoms with Gasteiger partial charge in [-0.25, -0.2) is 14.8 Å². The summed E-state index contributed by atoms with van der Waals surface area (Å²) in [5, 5.41) is 9.20. The molecule has 2 rings (SSSR count). The fraction of sp³-hybridized carbons (Fsp3) is 0.267. The highest BCUT2D eigenvalue weighted by Crippen LogP contribution is 2.28. The van der Waals surface area contributed by atoms with Crippen LogP contribution in [0.25, 0.3) is 11.4 Å². The quantitative estimate of drug-likeness (QED) is 0.909. The molecule has 6 nitrogen and oxygen atoms in total. The van der Waals surface area contributed by atoms with Gasteiger partial charge in [0, 0.05) is 20.2 Å². The lowest BCUT2D eigenvalue weighted by atomic mass is 10.2. The zero-order chi connectivity index (χ0) is 15.4. The number of ether oxygens (including phenoxy) is 1. The highest BCUT2D eigenvalue weighted by molar-refractivity contribution is 5.87. The number of benzene rings is 1. The maximum atomic E-state index is 11.2. The molecule has 0 radical (unpaired) electrons. The van der Waals surface area contributed by atoms with Gasteiger partial charge in [-0.3, -0.25) is 0 Å². The van der Waals surface area contributed by atoms with Crippen molar-refractivity contribution in [3.63, 3.8) is 0 Å². The lowest BCUT2D eigenvalue weighted by Crippen LogP contribution is -2.14. The monoisotopic (exact) mass is 287 g/mol. The molecule has 21 heavy (non-hydrogen) atoms.